The summed E-state index contributed by atoms with van der Waals surface area (Å²) in [5.74, 6) is 2.30. The lowest BCUT2D eigenvalue weighted by atomic mass is 10.1. The highest BCUT2D eigenvalue weighted by molar-refractivity contribution is 7.09. The zero-order valence-electron chi connectivity index (χ0n) is 12.4. The van der Waals surface area contributed by atoms with Crippen LogP contribution in [0.25, 0.3) is 11.3 Å². The van der Waals surface area contributed by atoms with Gasteiger partial charge in [-0.3, -0.25) is 0 Å². The number of benzene rings is 1. The van der Waals surface area contributed by atoms with Crippen LogP contribution in [0.5, 0.6) is 11.5 Å². The third-order valence-corrected chi connectivity index (χ3v) is 4.40. The van der Waals surface area contributed by atoms with E-state index in [9.17, 15) is 0 Å². The number of ether oxygens (including phenoxy) is 2. The molecule has 1 N–H and O–H groups in total. The molecule has 1 aliphatic rings. The van der Waals surface area contributed by atoms with E-state index in [-0.39, 0.29) is 0 Å². The zero-order chi connectivity index (χ0) is 15.5. The van der Waals surface area contributed by atoms with E-state index in [1.54, 1.807) is 11.3 Å². The van der Waals surface area contributed by atoms with Crippen LogP contribution in [0.1, 0.15) is 4.88 Å². The molecular formula is C17H15N3O2S. The fraction of sp³-hybridized carbons (Fsp3) is 0.176. The van der Waals surface area contributed by atoms with E-state index in [4.69, 9.17) is 9.47 Å². The molecule has 2 aromatic heterocycles. The number of anilines is 1. The van der Waals surface area contributed by atoms with Crippen LogP contribution in [0.15, 0.2) is 47.8 Å². The number of aromatic nitrogens is 2. The average Bonchev–Trinajstić information content (AvgIpc) is 3.14. The highest BCUT2D eigenvalue weighted by atomic mass is 32.1. The van der Waals surface area contributed by atoms with Crippen LogP contribution in [0.4, 0.5) is 5.82 Å². The highest BCUT2D eigenvalue weighted by Gasteiger charge is 2.13. The molecule has 5 nitrogen and oxygen atoms in total. The maximum atomic E-state index is 5.60. The molecule has 1 aromatic carbocycles. The first-order valence-corrected chi connectivity index (χ1v) is 8.26. The maximum absolute atomic E-state index is 5.60. The molecule has 3 heterocycles. The summed E-state index contributed by atoms with van der Waals surface area (Å²) in [6.45, 7) is 1.93. The van der Waals surface area contributed by atoms with Crippen molar-refractivity contribution >= 4 is 17.2 Å². The minimum Gasteiger partial charge on any atom is -0.486 e. The van der Waals surface area contributed by atoms with E-state index in [0.29, 0.717) is 13.2 Å². The van der Waals surface area contributed by atoms with Crippen LogP contribution < -0.4 is 14.8 Å². The van der Waals surface area contributed by atoms with Crippen molar-refractivity contribution in [2.75, 3.05) is 18.5 Å². The van der Waals surface area contributed by atoms with Gasteiger partial charge in [-0.15, -0.1) is 21.5 Å². The zero-order valence-corrected chi connectivity index (χ0v) is 13.2. The largest absolute Gasteiger partial charge is 0.486 e. The maximum Gasteiger partial charge on any atom is 0.162 e. The second-order valence-electron chi connectivity index (χ2n) is 5.10. The summed E-state index contributed by atoms with van der Waals surface area (Å²) in [4.78, 5) is 1.27. The van der Waals surface area contributed by atoms with Gasteiger partial charge >= 0.3 is 0 Å². The van der Waals surface area contributed by atoms with Gasteiger partial charge < -0.3 is 14.8 Å². The van der Waals surface area contributed by atoms with Crippen molar-refractivity contribution in [3.8, 4) is 22.8 Å². The lowest BCUT2D eigenvalue weighted by molar-refractivity contribution is 0.171. The second kappa shape index (κ2) is 6.26. The lowest BCUT2D eigenvalue weighted by Gasteiger charge is -2.18. The van der Waals surface area contributed by atoms with Gasteiger partial charge in [0.2, 0.25) is 0 Å². The van der Waals surface area contributed by atoms with E-state index in [1.807, 2.05) is 36.4 Å². The van der Waals surface area contributed by atoms with Gasteiger partial charge in [0, 0.05) is 10.4 Å². The number of fused-ring (bicyclic) bond motifs is 1. The molecule has 0 saturated heterocycles. The van der Waals surface area contributed by atoms with Crippen molar-refractivity contribution in [1.29, 1.82) is 0 Å². The quantitative estimate of drug-likeness (QED) is 0.794. The van der Waals surface area contributed by atoms with Crippen molar-refractivity contribution in [2.24, 2.45) is 0 Å². The molecular weight excluding hydrogens is 310 g/mol. The van der Waals surface area contributed by atoms with Gasteiger partial charge in [-0.05, 0) is 41.8 Å². The average molecular weight is 325 g/mol. The predicted molar refractivity (Wildman–Crippen MR) is 90.1 cm³/mol. The summed E-state index contributed by atoms with van der Waals surface area (Å²) in [6.07, 6.45) is 0. The Labute approximate surface area is 137 Å². The molecule has 1 aliphatic heterocycles. The molecule has 0 radical (unpaired) electrons. The standard InChI is InChI=1S/C17H15N3O2S/c1-2-13(23-9-1)11-18-17-6-4-14(19-20-17)12-3-5-15-16(10-12)22-8-7-21-15/h1-6,9-10H,7-8,11H2,(H,18,20). The molecule has 4 rings (SSSR count). The molecule has 0 fully saturated rings. The summed E-state index contributed by atoms with van der Waals surface area (Å²) < 4.78 is 11.1. The molecule has 3 aromatic rings. The van der Waals surface area contributed by atoms with Crippen molar-refractivity contribution in [3.05, 3.63) is 52.7 Å². The first kappa shape index (κ1) is 14.0. The molecule has 0 spiro atoms. The Balaban J connectivity index is 1.49. The topological polar surface area (TPSA) is 56.3 Å². The van der Waals surface area contributed by atoms with Crippen molar-refractivity contribution in [2.45, 2.75) is 6.54 Å². The normalized spacial score (nSPS) is 12.9. The molecule has 23 heavy (non-hydrogen) atoms. The molecule has 0 amide bonds. The third-order valence-electron chi connectivity index (χ3n) is 3.53. The molecule has 0 bridgehead atoms. The van der Waals surface area contributed by atoms with Gasteiger partial charge in [0.1, 0.15) is 19.0 Å². The first-order chi connectivity index (χ1) is 11.4. The fourth-order valence-corrected chi connectivity index (χ4v) is 3.02. The van der Waals surface area contributed by atoms with Gasteiger partial charge in [0.25, 0.3) is 0 Å². The molecule has 0 saturated carbocycles. The molecule has 6 heteroatoms. The van der Waals surface area contributed by atoms with Gasteiger partial charge in [0.05, 0.1) is 12.2 Å². The smallest absolute Gasteiger partial charge is 0.162 e. The summed E-state index contributed by atoms with van der Waals surface area (Å²) >= 11 is 1.72. The van der Waals surface area contributed by atoms with E-state index < -0.39 is 0 Å². The SMILES string of the molecule is c1csc(CNc2ccc(-c3ccc4c(c3)OCCO4)nn2)c1. The Bertz CT molecular complexity index is 788. The van der Waals surface area contributed by atoms with Crippen molar-refractivity contribution in [3.63, 3.8) is 0 Å². The second-order valence-corrected chi connectivity index (χ2v) is 6.13. The molecule has 0 unspecified atom stereocenters. The number of nitrogens with zero attached hydrogens (tertiary/aromatic N) is 2. The first-order valence-electron chi connectivity index (χ1n) is 7.38. The van der Waals surface area contributed by atoms with Crippen LogP contribution in [0.3, 0.4) is 0 Å². The van der Waals surface area contributed by atoms with Crippen LogP contribution in [-0.2, 0) is 6.54 Å². The van der Waals surface area contributed by atoms with Gasteiger partial charge in [-0.25, -0.2) is 0 Å². The summed E-state index contributed by atoms with van der Waals surface area (Å²) in [5, 5.41) is 13.9. The number of thiophene rings is 1. The minimum atomic E-state index is 0.577. The van der Waals surface area contributed by atoms with Crippen molar-refractivity contribution in [1.82, 2.24) is 10.2 Å². The summed E-state index contributed by atoms with van der Waals surface area (Å²) in [7, 11) is 0. The van der Waals surface area contributed by atoms with Gasteiger partial charge in [0.15, 0.2) is 11.5 Å². The van der Waals surface area contributed by atoms with Gasteiger partial charge in [-0.1, -0.05) is 6.07 Å². The Hall–Kier alpha value is -2.60. The Morgan fingerprint density at radius 2 is 1.91 bits per heavy atom. The predicted octanol–water partition coefficient (Wildman–Crippen LogP) is 3.59. The van der Waals surface area contributed by atoms with E-state index in [0.717, 1.165) is 35.1 Å². The van der Waals surface area contributed by atoms with Crippen LogP contribution in [0.2, 0.25) is 0 Å². The summed E-state index contributed by atoms with van der Waals surface area (Å²) in [5.41, 5.74) is 1.77. The third kappa shape index (κ3) is 3.12. The van der Waals surface area contributed by atoms with Crippen molar-refractivity contribution < 1.29 is 9.47 Å². The van der Waals surface area contributed by atoms with E-state index in [1.165, 1.54) is 4.88 Å². The molecule has 116 valence electrons. The monoisotopic (exact) mass is 325 g/mol. The number of rotatable bonds is 4. The van der Waals surface area contributed by atoms with Crippen LogP contribution in [-0.4, -0.2) is 23.4 Å². The number of nitrogens with one attached hydrogen (secondary N) is 1. The fourth-order valence-electron chi connectivity index (χ4n) is 2.37. The van der Waals surface area contributed by atoms with E-state index in [2.05, 4.69) is 27.0 Å². The van der Waals surface area contributed by atoms with E-state index >= 15 is 0 Å². The Kier molecular flexibility index (Phi) is 3.81. The molecule has 0 atom stereocenters. The molecule has 0 aliphatic carbocycles. The van der Waals surface area contributed by atoms with Gasteiger partial charge in [-0.2, -0.15) is 0 Å². The lowest BCUT2D eigenvalue weighted by Crippen LogP contribution is -2.15. The number of hydrogen-bond donors (Lipinski definition) is 1. The summed E-state index contributed by atoms with van der Waals surface area (Å²) in [6, 6.07) is 13.8. The highest BCUT2D eigenvalue weighted by Crippen LogP contribution is 2.33. The minimum absolute atomic E-state index is 0.577. The number of hydrogen-bond acceptors (Lipinski definition) is 6. The van der Waals surface area contributed by atoms with Crippen LogP contribution in [0, 0.1) is 0 Å². The Morgan fingerprint density at radius 3 is 2.70 bits per heavy atom. The van der Waals surface area contributed by atoms with Crippen LogP contribution >= 0.6 is 11.3 Å². The Morgan fingerprint density at radius 1 is 1.00 bits per heavy atom.